The van der Waals surface area contributed by atoms with E-state index >= 15 is 0 Å². The lowest BCUT2D eigenvalue weighted by atomic mass is 9.90. The minimum atomic E-state index is -0.811. The SMILES string of the molecule is O=C(O)C=C1CCC(NCCN2CCOCC2)CC1. The molecule has 1 aliphatic heterocycles. The summed E-state index contributed by atoms with van der Waals surface area (Å²) >= 11 is 0. The second-order valence-electron chi connectivity index (χ2n) is 5.32. The van der Waals surface area contributed by atoms with E-state index in [4.69, 9.17) is 9.84 Å². The molecule has 0 aromatic carbocycles. The third-order valence-corrected chi connectivity index (χ3v) is 3.92. The van der Waals surface area contributed by atoms with Gasteiger partial charge in [0.1, 0.15) is 0 Å². The maximum Gasteiger partial charge on any atom is 0.328 e. The van der Waals surface area contributed by atoms with Crippen molar-refractivity contribution < 1.29 is 14.6 Å². The molecule has 0 atom stereocenters. The number of hydrogen-bond acceptors (Lipinski definition) is 4. The van der Waals surface area contributed by atoms with E-state index in [0.29, 0.717) is 6.04 Å². The number of rotatable bonds is 5. The van der Waals surface area contributed by atoms with Crippen LogP contribution in [0.1, 0.15) is 25.7 Å². The smallest absolute Gasteiger partial charge is 0.328 e. The van der Waals surface area contributed by atoms with Gasteiger partial charge in [-0.25, -0.2) is 4.79 Å². The molecule has 5 heteroatoms. The van der Waals surface area contributed by atoms with Gasteiger partial charge in [0.15, 0.2) is 0 Å². The van der Waals surface area contributed by atoms with Gasteiger partial charge in [0.05, 0.1) is 13.2 Å². The lowest BCUT2D eigenvalue weighted by Gasteiger charge is -2.29. The molecule has 0 radical (unpaired) electrons. The minimum absolute atomic E-state index is 0.548. The van der Waals surface area contributed by atoms with Crippen LogP contribution < -0.4 is 5.32 Å². The van der Waals surface area contributed by atoms with Crippen LogP contribution in [-0.2, 0) is 9.53 Å². The average Bonchev–Trinajstić information content (AvgIpc) is 2.41. The van der Waals surface area contributed by atoms with Crippen molar-refractivity contribution in [2.24, 2.45) is 0 Å². The van der Waals surface area contributed by atoms with Crippen LogP contribution in [0.2, 0.25) is 0 Å². The van der Waals surface area contributed by atoms with Gasteiger partial charge in [0, 0.05) is 38.3 Å². The topological polar surface area (TPSA) is 61.8 Å². The fourth-order valence-electron chi connectivity index (χ4n) is 2.76. The summed E-state index contributed by atoms with van der Waals surface area (Å²) in [4.78, 5) is 13.0. The van der Waals surface area contributed by atoms with E-state index in [0.717, 1.165) is 70.6 Å². The molecule has 0 spiro atoms. The zero-order valence-electron chi connectivity index (χ0n) is 11.4. The largest absolute Gasteiger partial charge is 0.478 e. The summed E-state index contributed by atoms with van der Waals surface area (Å²) in [5, 5.41) is 12.3. The quantitative estimate of drug-likeness (QED) is 0.724. The lowest BCUT2D eigenvalue weighted by molar-refractivity contribution is -0.131. The Morgan fingerprint density at radius 2 is 2.05 bits per heavy atom. The van der Waals surface area contributed by atoms with Gasteiger partial charge in [0.25, 0.3) is 0 Å². The fourth-order valence-corrected chi connectivity index (χ4v) is 2.76. The molecule has 2 N–H and O–H groups in total. The molecule has 0 unspecified atom stereocenters. The highest BCUT2D eigenvalue weighted by Gasteiger charge is 2.17. The molecule has 0 aromatic rings. The molecule has 108 valence electrons. The van der Waals surface area contributed by atoms with Gasteiger partial charge >= 0.3 is 5.97 Å². The number of hydrogen-bond donors (Lipinski definition) is 2. The molecule has 0 aromatic heterocycles. The van der Waals surface area contributed by atoms with E-state index in [1.807, 2.05) is 0 Å². The van der Waals surface area contributed by atoms with Crippen molar-refractivity contribution in [3.63, 3.8) is 0 Å². The van der Waals surface area contributed by atoms with Crippen LogP contribution in [0, 0.1) is 0 Å². The lowest BCUT2D eigenvalue weighted by Crippen LogP contribution is -2.42. The van der Waals surface area contributed by atoms with E-state index < -0.39 is 5.97 Å². The van der Waals surface area contributed by atoms with Crippen molar-refractivity contribution in [3.8, 4) is 0 Å². The number of morpholine rings is 1. The second kappa shape index (κ2) is 7.62. The van der Waals surface area contributed by atoms with Crippen LogP contribution in [0.25, 0.3) is 0 Å². The van der Waals surface area contributed by atoms with Gasteiger partial charge in [-0.2, -0.15) is 0 Å². The van der Waals surface area contributed by atoms with Crippen LogP contribution in [-0.4, -0.2) is 61.4 Å². The van der Waals surface area contributed by atoms with Crippen molar-refractivity contribution in [1.29, 1.82) is 0 Å². The molecule has 5 nitrogen and oxygen atoms in total. The molecule has 0 amide bonds. The van der Waals surface area contributed by atoms with E-state index in [1.54, 1.807) is 0 Å². The summed E-state index contributed by atoms with van der Waals surface area (Å²) in [6.45, 7) is 5.88. The number of ether oxygens (including phenoxy) is 1. The second-order valence-corrected chi connectivity index (χ2v) is 5.32. The summed E-state index contributed by atoms with van der Waals surface area (Å²) in [6.07, 6.45) is 5.33. The summed E-state index contributed by atoms with van der Waals surface area (Å²) in [5.74, 6) is -0.811. The molecule has 2 fully saturated rings. The fraction of sp³-hybridized carbons (Fsp3) is 0.786. The van der Waals surface area contributed by atoms with E-state index in [1.165, 1.54) is 6.08 Å². The van der Waals surface area contributed by atoms with Crippen molar-refractivity contribution in [2.45, 2.75) is 31.7 Å². The summed E-state index contributed by atoms with van der Waals surface area (Å²) in [5.41, 5.74) is 1.08. The highest BCUT2D eigenvalue weighted by atomic mass is 16.5. The number of carboxylic acid groups (broad SMARTS) is 1. The van der Waals surface area contributed by atoms with Crippen molar-refractivity contribution in [2.75, 3.05) is 39.4 Å². The number of carbonyl (C=O) groups is 1. The first-order chi connectivity index (χ1) is 9.24. The zero-order valence-corrected chi connectivity index (χ0v) is 11.4. The molecule has 1 heterocycles. The molecule has 1 aliphatic carbocycles. The normalized spacial score (nSPS) is 25.3. The van der Waals surface area contributed by atoms with Gasteiger partial charge in [-0.1, -0.05) is 5.57 Å². The van der Waals surface area contributed by atoms with Crippen LogP contribution in [0.4, 0.5) is 0 Å². The maximum atomic E-state index is 10.6. The molecule has 0 bridgehead atoms. The Hall–Kier alpha value is -0.910. The van der Waals surface area contributed by atoms with Crippen LogP contribution in [0.3, 0.4) is 0 Å². The van der Waals surface area contributed by atoms with Crippen molar-refractivity contribution in [1.82, 2.24) is 10.2 Å². The van der Waals surface area contributed by atoms with Crippen LogP contribution in [0.15, 0.2) is 11.6 Å². The molecular formula is C14H24N2O3. The first kappa shape index (κ1) is 14.5. The Balaban J connectivity index is 1.59. The Morgan fingerprint density at radius 1 is 1.37 bits per heavy atom. The molecule has 2 rings (SSSR count). The molecule has 19 heavy (non-hydrogen) atoms. The number of aliphatic carboxylic acids is 1. The Bertz CT molecular complexity index is 315. The monoisotopic (exact) mass is 268 g/mol. The average molecular weight is 268 g/mol. The predicted molar refractivity (Wildman–Crippen MR) is 73.2 cm³/mol. The molecule has 1 saturated heterocycles. The zero-order chi connectivity index (χ0) is 13.5. The van der Waals surface area contributed by atoms with Crippen molar-refractivity contribution >= 4 is 5.97 Å². The first-order valence-electron chi connectivity index (χ1n) is 7.20. The number of allylic oxidation sites excluding steroid dienone is 1. The molecular weight excluding hydrogens is 244 g/mol. The third-order valence-electron chi connectivity index (χ3n) is 3.92. The van der Waals surface area contributed by atoms with Gasteiger partial charge in [-0.15, -0.1) is 0 Å². The van der Waals surface area contributed by atoms with Crippen LogP contribution in [0.5, 0.6) is 0 Å². The Morgan fingerprint density at radius 3 is 2.68 bits per heavy atom. The van der Waals surface area contributed by atoms with Gasteiger partial charge in [-0.05, 0) is 25.7 Å². The standard InChI is InChI=1S/C14H24N2O3/c17-14(18)11-12-1-3-13(4-2-12)15-5-6-16-7-9-19-10-8-16/h11,13,15H,1-10H2,(H,17,18). The predicted octanol–water partition coefficient (Wildman–Crippen LogP) is 0.862. The first-order valence-corrected chi connectivity index (χ1v) is 7.20. The van der Waals surface area contributed by atoms with Crippen molar-refractivity contribution in [3.05, 3.63) is 11.6 Å². The molecule has 2 aliphatic rings. The summed E-state index contributed by atoms with van der Waals surface area (Å²) in [7, 11) is 0. The number of nitrogens with one attached hydrogen (secondary N) is 1. The van der Waals surface area contributed by atoms with E-state index in [-0.39, 0.29) is 0 Å². The maximum absolute atomic E-state index is 10.6. The minimum Gasteiger partial charge on any atom is -0.478 e. The van der Waals surface area contributed by atoms with E-state index in [2.05, 4.69) is 10.2 Å². The number of nitrogens with zero attached hydrogens (tertiary/aromatic N) is 1. The van der Waals surface area contributed by atoms with Gasteiger partial charge < -0.3 is 15.2 Å². The highest BCUT2D eigenvalue weighted by Crippen LogP contribution is 2.23. The van der Waals surface area contributed by atoms with Gasteiger partial charge in [0.2, 0.25) is 0 Å². The highest BCUT2D eigenvalue weighted by molar-refractivity contribution is 5.80. The number of carboxylic acids is 1. The van der Waals surface area contributed by atoms with E-state index in [9.17, 15) is 4.79 Å². The van der Waals surface area contributed by atoms with Gasteiger partial charge in [-0.3, -0.25) is 4.90 Å². The van der Waals surface area contributed by atoms with Crippen LogP contribution >= 0.6 is 0 Å². The summed E-state index contributed by atoms with van der Waals surface area (Å²) in [6, 6.07) is 0.548. The Kier molecular flexibility index (Phi) is 5.82. The molecule has 1 saturated carbocycles. The summed E-state index contributed by atoms with van der Waals surface area (Å²) < 4.78 is 5.32. The third kappa shape index (κ3) is 5.30. The Labute approximate surface area is 114 Å².